The van der Waals surface area contributed by atoms with Crippen LogP contribution in [0.15, 0.2) is 41.1 Å². The van der Waals surface area contributed by atoms with Crippen LogP contribution in [0.1, 0.15) is 5.82 Å². The summed E-state index contributed by atoms with van der Waals surface area (Å²) >= 11 is 0. The van der Waals surface area contributed by atoms with E-state index in [1.165, 1.54) is 13.3 Å². The van der Waals surface area contributed by atoms with Crippen LogP contribution in [0, 0.1) is 0 Å². The third kappa shape index (κ3) is 2.26. The van der Waals surface area contributed by atoms with Gasteiger partial charge < -0.3 is 14.4 Å². The molecule has 20 heavy (non-hydrogen) atoms. The van der Waals surface area contributed by atoms with Crippen LogP contribution in [0.2, 0.25) is 0 Å². The maximum Gasteiger partial charge on any atom is 0.282 e. The number of para-hydroxylation sites is 1. The average molecular weight is 272 g/mol. The summed E-state index contributed by atoms with van der Waals surface area (Å²) in [6.45, 7) is 0.240. The summed E-state index contributed by atoms with van der Waals surface area (Å²) in [4.78, 5) is 4.10. The molecule has 0 fully saturated rings. The van der Waals surface area contributed by atoms with Gasteiger partial charge in [0.05, 0.1) is 11.9 Å². The smallest absolute Gasteiger partial charge is 0.282 e. The lowest BCUT2D eigenvalue weighted by molar-refractivity contribution is 0.174. The van der Waals surface area contributed by atoms with Crippen molar-refractivity contribution in [1.82, 2.24) is 19.9 Å². The van der Waals surface area contributed by atoms with Crippen molar-refractivity contribution in [2.24, 2.45) is 0 Å². The molecule has 0 aliphatic heterocycles. The monoisotopic (exact) mass is 272 g/mol. The highest BCUT2D eigenvalue weighted by atomic mass is 16.5. The molecule has 0 radical (unpaired) electrons. The molecule has 0 saturated carbocycles. The second kappa shape index (κ2) is 5.14. The van der Waals surface area contributed by atoms with Crippen LogP contribution in [-0.2, 0) is 11.3 Å². The zero-order chi connectivity index (χ0) is 13.9. The van der Waals surface area contributed by atoms with Crippen LogP contribution >= 0.6 is 0 Å². The molecule has 0 atom stereocenters. The number of hydrogen-bond acceptors (Lipinski definition) is 6. The van der Waals surface area contributed by atoms with E-state index < -0.39 is 0 Å². The summed E-state index contributed by atoms with van der Waals surface area (Å²) in [7, 11) is 1.54. The number of ether oxygens (including phenoxy) is 1. The third-order valence-electron chi connectivity index (χ3n) is 2.66. The highest BCUT2D eigenvalue weighted by molar-refractivity contribution is 5.56. The molecule has 0 saturated heterocycles. The lowest BCUT2D eigenvalue weighted by Crippen LogP contribution is -1.94. The van der Waals surface area contributed by atoms with Gasteiger partial charge in [0.15, 0.2) is 17.3 Å². The Hall–Kier alpha value is -2.67. The lowest BCUT2D eigenvalue weighted by atomic mass is 10.3. The van der Waals surface area contributed by atoms with Crippen molar-refractivity contribution in [1.29, 1.82) is 0 Å². The Kier molecular flexibility index (Phi) is 3.18. The fourth-order valence-electron chi connectivity index (χ4n) is 1.77. The quantitative estimate of drug-likeness (QED) is 0.779. The lowest BCUT2D eigenvalue weighted by Gasteiger charge is -1.98. The number of aromatic hydroxyl groups is 1. The van der Waals surface area contributed by atoms with Crippen molar-refractivity contribution in [2.75, 3.05) is 7.11 Å². The first kappa shape index (κ1) is 12.4. The van der Waals surface area contributed by atoms with Crippen LogP contribution < -0.4 is 0 Å². The van der Waals surface area contributed by atoms with Gasteiger partial charge in [-0.25, -0.2) is 4.68 Å². The molecule has 1 aromatic carbocycles. The molecule has 0 amide bonds. The molecule has 1 N–H and O–H groups in total. The van der Waals surface area contributed by atoms with E-state index in [0.717, 1.165) is 5.69 Å². The summed E-state index contributed by atoms with van der Waals surface area (Å²) in [5, 5.41) is 17.9. The molecule has 102 valence electrons. The normalized spacial score (nSPS) is 10.8. The largest absolute Gasteiger partial charge is 0.504 e. The summed E-state index contributed by atoms with van der Waals surface area (Å²) in [5.74, 6) is 0.530. The molecule has 3 aromatic rings. The summed E-state index contributed by atoms with van der Waals surface area (Å²) < 4.78 is 11.5. The van der Waals surface area contributed by atoms with Crippen molar-refractivity contribution >= 4 is 0 Å². The predicted octanol–water partition coefficient (Wildman–Crippen LogP) is 1.77. The van der Waals surface area contributed by atoms with E-state index in [-0.39, 0.29) is 23.9 Å². The molecular weight excluding hydrogens is 260 g/mol. The molecule has 7 heteroatoms. The second-order valence-corrected chi connectivity index (χ2v) is 4.09. The Labute approximate surface area is 114 Å². The highest BCUT2D eigenvalue weighted by Crippen LogP contribution is 2.27. The molecule has 2 heterocycles. The SMILES string of the molecule is COCc1noc(-c2nn(-c3ccccc3)cc2O)n1. The van der Waals surface area contributed by atoms with E-state index in [1.54, 1.807) is 4.68 Å². The van der Waals surface area contributed by atoms with Crippen molar-refractivity contribution in [3.8, 4) is 23.0 Å². The highest BCUT2D eigenvalue weighted by Gasteiger charge is 2.17. The van der Waals surface area contributed by atoms with Gasteiger partial charge in [-0.3, -0.25) is 0 Å². The first-order chi connectivity index (χ1) is 9.78. The second-order valence-electron chi connectivity index (χ2n) is 4.09. The van der Waals surface area contributed by atoms with Gasteiger partial charge >= 0.3 is 0 Å². The van der Waals surface area contributed by atoms with Crippen LogP contribution in [0.3, 0.4) is 0 Å². The minimum Gasteiger partial charge on any atom is -0.504 e. The van der Waals surface area contributed by atoms with Gasteiger partial charge in [-0.15, -0.1) is 0 Å². The molecule has 2 aromatic heterocycles. The first-order valence-corrected chi connectivity index (χ1v) is 5.94. The van der Waals surface area contributed by atoms with E-state index in [0.29, 0.717) is 5.82 Å². The van der Waals surface area contributed by atoms with Crippen molar-refractivity contribution in [3.63, 3.8) is 0 Å². The van der Waals surface area contributed by atoms with Crippen LogP contribution in [0.5, 0.6) is 5.75 Å². The van der Waals surface area contributed by atoms with E-state index in [1.807, 2.05) is 30.3 Å². The van der Waals surface area contributed by atoms with Crippen molar-refractivity contribution in [2.45, 2.75) is 6.61 Å². The summed E-state index contributed by atoms with van der Waals surface area (Å²) in [6.07, 6.45) is 1.49. The third-order valence-corrected chi connectivity index (χ3v) is 2.66. The average Bonchev–Trinajstić information content (AvgIpc) is 3.07. The Morgan fingerprint density at radius 1 is 1.30 bits per heavy atom. The molecule has 0 bridgehead atoms. The van der Waals surface area contributed by atoms with Crippen molar-refractivity contribution < 1.29 is 14.4 Å². The fourth-order valence-corrected chi connectivity index (χ4v) is 1.77. The van der Waals surface area contributed by atoms with Gasteiger partial charge in [0.2, 0.25) is 0 Å². The van der Waals surface area contributed by atoms with Gasteiger partial charge in [-0.2, -0.15) is 10.1 Å². The number of nitrogens with zero attached hydrogens (tertiary/aromatic N) is 4. The van der Waals surface area contributed by atoms with Gasteiger partial charge in [0.25, 0.3) is 5.89 Å². The van der Waals surface area contributed by atoms with E-state index >= 15 is 0 Å². The number of benzene rings is 1. The maximum absolute atomic E-state index is 9.94. The molecule has 3 rings (SSSR count). The van der Waals surface area contributed by atoms with Gasteiger partial charge in [0.1, 0.15) is 6.61 Å². The Bertz CT molecular complexity index is 705. The van der Waals surface area contributed by atoms with Crippen LogP contribution in [-0.4, -0.2) is 32.1 Å². The maximum atomic E-state index is 9.94. The molecule has 0 aliphatic carbocycles. The molecule has 0 unspecified atom stereocenters. The number of aromatic nitrogens is 4. The van der Waals surface area contributed by atoms with Crippen LogP contribution in [0.4, 0.5) is 0 Å². The standard InChI is InChI=1S/C13H12N4O3/c1-19-8-11-14-13(20-16-11)12-10(18)7-17(15-12)9-5-3-2-4-6-9/h2-7,18H,8H2,1H3. The van der Waals surface area contributed by atoms with Gasteiger partial charge in [-0.1, -0.05) is 23.4 Å². The summed E-state index contributed by atoms with van der Waals surface area (Å²) in [5.41, 5.74) is 1.06. The number of rotatable bonds is 4. The fraction of sp³-hybridized carbons (Fsp3) is 0.154. The molecule has 7 nitrogen and oxygen atoms in total. The minimum atomic E-state index is -0.0264. The zero-order valence-corrected chi connectivity index (χ0v) is 10.7. The first-order valence-electron chi connectivity index (χ1n) is 5.94. The van der Waals surface area contributed by atoms with Crippen LogP contribution in [0.25, 0.3) is 17.3 Å². The topological polar surface area (TPSA) is 86.2 Å². The molecule has 0 aliphatic rings. The number of hydrogen-bond donors (Lipinski definition) is 1. The number of methoxy groups -OCH3 is 1. The zero-order valence-electron chi connectivity index (χ0n) is 10.7. The Balaban J connectivity index is 1.96. The summed E-state index contributed by atoms with van der Waals surface area (Å²) in [6, 6.07) is 9.43. The Morgan fingerprint density at radius 3 is 2.85 bits per heavy atom. The Morgan fingerprint density at radius 2 is 2.10 bits per heavy atom. The van der Waals surface area contributed by atoms with E-state index in [4.69, 9.17) is 9.26 Å². The minimum absolute atomic E-state index is 0.0264. The van der Waals surface area contributed by atoms with Crippen molar-refractivity contribution in [3.05, 3.63) is 42.4 Å². The molecular formula is C13H12N4O3. The van der Waals surface area contributed by atoms with Gasteiger partial charge in [0, 0.05) is 7.11 Å². The predicted molar refractivity (Wildman–Crippen MR) is 69.2 cm³/mol. The van der Waals surface area contributed by atoms with Gasteiger partial charge in [-0.05, 0) is 12.1 Å². The van der Waals surface area contributed by atoms with E-state index in [2.05, 4.69) is 15.2 Å². The van der Waals surface area contributed by atoms with E-state index in [9.17, 15) is 5.11 Å². The molecule has 0 spiro atoms.